The van der Waals surface area contributed by atoms with E-state index in [9.17, 15) is 9.18 Å². The van der Waals surface area contributed by atoms with E-state index in [1.165, 1.54) is 23.9 Å². The van der Waals surface area contributed by atoms with Crippen molar-refractivity contribution in [2.75, 3.05) is 18.9 Å². The van der Waals surface area contributed by atoms with Gasteiger partial charge in [0.25, 0.3) is 0 Å². The number of nitrogens with zero attached hydrogens (tertiary/aromatic N) is 3. The summed E-state index contributed by atoms with van der Waals surface area (Å²) in [4.78, 5) is 12.0. The first-order valence-electron chi connectivity index (χ1n) is 8.77. The van der Waals surface area contributed by atoms with E-state index in [-0.39, 0.29) is 24.1 Å². The number of rotatable bonds is 8. The second-order valence-corrected chi connectivity index (χ2v) is 7.12. The average molecular weight is 400 g/mol. The number of nitrogens with one attached hydrogen (secondary N) is 1. The molecular formula is C20H21FN4O2S. The molecule has 0 aliphatic rings. The van der Waals surface area contributed by atoms with Crippen LogP contribution < -0.4 is 10.1 Å². The van der Waals surface area contributed by atoms with Gasteiger partial charge in [-0.1, -0.05) is 41.6 Å². The van der Waals surface area contributed by atoms with Crippen LogP contribution >= 0.6 is 11.8 Å². The van der Waals surface area contributed by atoms with E-state index < -0.39 is 0 Å². The van der Waals surface area contributed by atoms with E-state index in [2.05, 4.69) is 15.5 Å². The van der Waals surface area contributed by atoms with Crippen LogP contribution in [0.15, 0.2) is 53.7 Å². The van der Waals surface area contributed by atoms with E-state index in [4.69, 9.17) is 4.74 Å². The smallest absolute Gasteiger partial charge is 0.230 e. The molecule has 8 heteroatoms. The van der Waals surface area contributed by atoms with Crippen molar-refractivity contribution in [1.29, 1.82) is 0 Å². The zero-order valence-electron chi connectivity index (χ0n) is 15.7. The van der Waals surface area contributed by atoms with E-state index in [0.29, 0.717) is 17.5 Å². The lowest BCUT2D eigenvalue weighted by molar-refractivity contribution is -0.118. The molecular weight excluding hydrogens is 379 g/mol. The van der Waals surface area contributed by atoms with Gasteiger partial charge in [0.1, 0.15) is 18.2 Å². The Labute approximate surface area is 167 Å². The van der Waals surface area contributed by atoms with Gasteiger partial charge in [-0.05, 0) is 25.1 Å². The van der Waals surface area contributed by atoms with Crippen molar-refractivity contribution in [2.24, 2.45) is 7.05 Å². The van der Waals surface area contributed by atoms with Crippen LogP contribution in [0.1, 0.15) is 5.56 Å². The van der Waals surface area contributed by atoms with E-state index in [0.717, 1.165) is 17.0 Å². The first-order valence-corrected chi connectivity index (χ1v) is 9.76. The Hall–Kier alpha value is -2.87. The molecule has 1 N–H and O–H groups in total. The van der Waals surface area contributed by atoms with Gasteiger partial charge in [0, 0.05) is 18.7 Å². The Morgan fingerprint density at radius 2 is 2.04 bits per heavy atom. The maximum atomic E-state index is 13.1. The normalized spacial score (nSPS) is 10.7. The number of hydrogen-bond donors (Lipinski definition) is 1. The number of hydrogen-bond acceptors (Lipinski definition) is 5. The van der Waals surface area contributed by atoms with Gasteiger partial charge in [-0.3, -0.25) is 4.79 Å². The number of ether oxygens (including phenoxy) is 1. The van der Waals surface area contributed by atoms with Crippen molar-refractivity contribution in [3.05, 3.63) is 59.9 Å². The van der Waals surface area contributed by atoms with Crippen molar-refractivity contribution >= 4 is 17.7 Å². The largest absolute Gasteiger partial charge is 0.492 e. The molecule has 1 heterocycles. The number of aryl methyl sites for hydroxylation is 1. The molecule has 0 aliphatic carbocycles. The molecule has 28 heavy (non-hydrogen) atoms. The van der Waals surface area contributed by atoms with Gasteiger partial charge < -0.3 is 14.6 Å². The Morgan fingerprint density at radius 1 is 1.21 bits per heavy atom. The zero-order chi connectivity index (χ0) is 19.9. The molecule has 6 nitrogen and oxygen atoms in total. The maximum absolute atomic E-state index is 13.1. The number of benzene rings is 2. The molecule has 1 amide bonds. The molecule has 0 atom stereocenters. The van der Waals surface area contributed by atoms with Gasteiger partial charge in [0.05, 0.1) is 12.3 Å². The lowest BCUT2D eigenvalue weighted by atomic mass is 10.1. The number of aromatic nitrogens is 3. The first-order chi connectivity index (χ1) is 13.5. The minimum atomic E-state index is -0.355. The summed E-state index contributed by atoms with van der Waals surface area (Å²) in [5.74, 6) is 0.931. The highest BCUT2D eigenvalue weighted by atomic mass is 32.2. The Morgan fingerprint density at radius 3 is 2.82 bits per heavy atom. The summed E-state index contributed by atoms with van der Waals surface area (Å²) in [7, 11) is 1.88. The van der Waals surface area contributed by atoms with Crippen LogP contribution in [-0.4, -0.2) is 39.6 Å². The molecule has 0 aliphatic heterocycles. The van der Waals surface area contributed by atoms with Crippen LogP contribution in [0.4, 0.5) is 4.39 Å². The second kappa shape index (κ2) is 9.36. The molecule has 0 saturated carbocycles. The van der Waals surface area contributed by atoms with Crippen LogP contribution in [-0.2, 0) is 11.8 Å². The summed E-state index contributed by atoms with van der Waals surface area (Å²) < 4.78 is 20.3. The van der Waals surface area contributed by atoms with Crippen molar-refractivity contribution in [3.63, 3.8) is 0 Å². The summed E-state index contributed by atoms with van der Waals surface area (Å²) in [6, 6.07) is 13.9. The van der Waals surface area contributed by atoms with E-state index >= 15 is 0 Å². The quantitative estimate of drug-likeness (QED) is 0.464. The predicted octanol–water partition coefficient (Wildman–Crippen LogP) is 3.22. The summed E-state index contributed by atoms with van der Waals surface area (Å²) >= 11 is 1.32. The van der Waals surface area contributed by atoms with E-state index in [1.54, 1.807) is 12.1 Å². The number of thioether (sulfide) groups is 1. The molecule has 2 aromatic carbocycles. The third kappa shape index (κ3) is 5.32. The standard InChI is InChI=1S/C20H21FN4O2S/c1-14-5-3-6-15(11-14)19-23-24-20(25(19)2)28-13-18(26)22-9-10-27-17-8-4-7-16(21)12-17/h3-8,11-12H,9-10,13H2,1-2H3,(H,22,26). The van der Waals surface area contributed by atoms with Crippen molar-refractivity contribution in [1.82, 2.24) is 20.1 Å². The van der Waals surface area contributed by atoms with Crippen LogP contribution in [0.2, 0.25) is 0 Å². The van der Waals surface area contributed by atoms with Gasteiger partial charge in [0.15, 0.2) is 11.0 Å². The lowest BCUT2D eigenvalue weighted by Crippen LogP contribution is -2.29. The fourth-order valence-electron chi connectivity index (χ4n) is 2.57. The molecule has 1 aromatic heterocycles. The number of halogens is 1. The highest BCUT2D eigenvalue weighted by molar-refractivity contribution is 7.99. The number of carbonyl (C=O) groups excluding carboxylic acids is 1. The highest BCUT2D eigenvalue weighted by Gasteiger charge is 2.13. The third-order valence-corrected chi connectivity index (χ3v) is 4.95. The second-order valence-electron chi connectivity index (χ2n) is 6.18. The fraction of sp³-hybridized carbons (Fsp3) is 0.250. The molecule has 0 spiro atoms. The Kier molecular flexibility index (Phi) is 6.65. The molecule has 0 fully saturated rings. The molecule has 0 saturated heterocycles. The SMILES string of the molecule is Cc1cccc(-c2nnc(SCC(=O)NCCOc3cccc(F)c3)n2C)c1. The van der Waals surface area contributed by atoms with Gasteiger partial charge in [-0.15, -0.1) is 10.2 Å². The fourth-order valence-corrected chi connectivity index (χ4v) is 3.31. The summed E-state index contributed by atoms with van der Waals surface area (Å²) in [6.07, 6.45) is 0. The average Bonchev–Trinajstić information content (AvgIpc) is 3.04. The molecule has 0 bridgehead atoms. The lowest BCUT2D eigenvalue weighted by Gasteiger charge is -2.08. The summed E-state index contributed by atoms with van der Waals surface area (Å²) in [5, 5.41) is 11.8. The Bertz CT molecular complexity index is 961. The van der Waals surface area contributed by atoms with Crippen molar-refractivity contribution in [2.45, 2.75) is 12.1 Å². The minimum absolute atomic E-state index is 0.132. The first kappa shape index (κ1) is 19.9. The van der Waals surface area contributed by atoms with Crippen molar-refractivity contribution in [3.8, 4) is 17.1 Å². The predicted molar refractivity (Wildman–Crippen MR) is 107 cm³/mol. The monoisotopic (exact) mass is 400 g/mol. The molecule has 0 unspecified atom stereocenters. The van der Waals surface area contributed by atoms with Crippen LogP contribution in [0.3, 0.4) is 0 Å². The third-order valence-electron chi connectivity index (χ3n) is 3.93. The van der Waals surface area contributed by atoms with E-state index in [1.807, 2.05) is 42.8 Å². The zero-order valence-corrected chi connectivity index (χ0v) is 16.5. The van der Waals surface area contributed by atoms with Crippen LogP contribution in [0.25, 0.3) is 11.4 Å². The number of carbonyl (C=O) groups is 1. The van der Waals surface area contributed by atoms with Crippen LogP contribution in [0.5, 0.6) is 5.75 Å². The molecule has 3 rings (SSSR count). The summed E-state index contributed by atoms with van der Waals surface area (Å²) in [6.45, 7) is 2.63. The highest BCUT2D eigenvalue weighted by Crippen LogP contribution is 2.23. The maximum Gasteiger partial charge on any atom is 0.230 e. The Balaban J connectivity index is 1.45. The number of amides is 1. The summed E-state index contributed by atoms with van der Waals surface area (Å²) in [5.41, 5.74) is 2.13. The van der Waals surface area contributed by atoms with Gasteiger partial charge in [-0.25, -0.2) is 4.39 Å². The van der Waals surface area contributed by atoms with Crippen LogP contribution in [0, 0.1) is 12.7 Å². The van der Waals surface area contributed by atoms with Gasteiger partial charge in [0.2, 0.25) is 5.91 Å². The van der Waals surface area contributed by atoms with Crippen molar-refractivity contribution < 1.29 is 13.9 Å². The van der Waals surface area contributed by atoms with Gasteiger partial charge >= 0.3 is 0 Å². The minimum Gasteiger partial charge on any atom is -0.492 e. The molecule has 0 radical (unpaired) electrons. The molecule has 146 valence electrons. The topological polar surface area (TPSA) is 69.0 Å². The molecule has 3 aromatic rings. The van der Waals surface area contributed by atoms with Gasteiger partial charge in [-0.2, -0.15) is 0 Å².